The number of likely N-dealkylation sites (tertiary alicyclic amines) is 1. The van der Waals surface area contributed by atoms with Gasteiger partial charge in [-0.2, -0.15) is 0 Å². The van der Waals surface area contributed by atoms with Crippen LogP contribution in [0.5, 0.6) is 0 Å². The fraction of sp³-hybridized carbons (Fsp3) is 0.421. The van der Waals surface area contributed by atoms with Crippen LogP contribution >= 0.6 is 0 Å². The van der Waals surface area contributed by atoms with Crippen molar-refractivity contribution in [3.63, 3.8) is 0 Å². The molecule has 1 N–H and O–H groups in total. The molecule has 0 unspecified atom stereocenters. The van der Waals surface area contributed by atoms with Gasteiger partial charge in [-0.25, -0.2) is 0 Å². The highest BCUT2D eigenvalue weighted by molar-refractivity contribution is 5.93. The number of hydrogen-bond acceptors (Lipinski definition) is 4. The van der Waals surface area contributed by atoms with Crippen LogP contribution in [0.3, 0.4) is 0 Å². The van der Waals surface area contributed by atoms with Gasteiger partial charge in [0, 0.05) is 37.7 Å². The van der Waals surface area contributed by atoms with Crippen LogP contribution < -0.4 is 5.32 Å². The minimum Gasteiger partial charge on any atom is -0.355 e. The molecule has 25 heavy (non-hydrogen) atoms. The lowest BCUT2D eigenvalue weighted by molar-refractivity contribution is -0.131. The van der Waals surface area contributed by atoms with E-state index < -0.39 is 0 Å². The number of aryl methyl sites for hydroxylation is 1. The van der Waals surface area contributed by atoms with Gasteiger partial charge in [-0.1, -0.05) is 35.0 Å². The molecule has 2 heterocycles. The molecule has 2 aromatic rings. The second-order valence-electron chi connectivity index (χ2n) is 6.39. The summed E-state index contributed by atoms with van der Waals surface area (Å²) in [6.07, 6.45) is 3.64. The van der Waals surface area contributed by atoms with E-state index in [9.17, 15) is 9.59 Å². The van der Waals surface area contributed by atoms with Crippen LogP contribution in [0.1, 0.15) is 41.7 Å². The van der Waals surface area contributed by atoms with Crippen molar-refractivity contribution >= 4 is 11.8 Å². The number of nitrogens with zero attached hydrogens (tertiary/aromatic N) is 2. The maximum absolute atomic E-state index is 12.1. The van der Waals surface area contributed by atoms with E-state index in [2.05, 4.69) is 10.5 Å². The fourth-order valence-corrected chi connectivity index (χ4v) is 2.91. The summed E-state index contributed by atoms with van der Waals surface area (Å²) in [5.41, 5.74) is 2.25. The van der Waals surface area contributed by atoms with Gasteiger partial charge in [0.05, 0.1) is 0 Å². The summed E-state index contributed by atoms with van der Waals surface area (Å²) in [6.45, 7) is 3.97. The fourth-order valence-electron chi connectivity index (χ4n) is 2.91. The van der Waals surface area contributed by atoms with E-state index in [0.29, 0.717) is 18.7 Å². The number of hydrogen-bond donors (Lipinski definition) is 1. The largest absolute Gasteiger partial charge is 0.355 e. The molecule has 0 radical (unpaired) electrons. The van der Waals surface area contributed by atoms with E-state index in [1.165, 1.54) is 6.42 Å². The predicted molar refractivity (Wildman–Crippen MR) is 94.1 cm³/mol. The Kier molecular flexibility index (Phi) is 5.48. The number of benzene rings is 1. The molecule has 6 nitrogen and oxygen atoms in total. The van der Waals surface area contributed by atoms with Gasteiger partial charge in [0.2, 0.25) is 5.91 Å². The van der Waals surface area contributed by atoms with Gasteiger partial charge in [-0.3, -0.25) is 9.59 Å². The molecule has 132 valence electrons. The highest BCUT2D eigenvalue weighted by atomic mass is 16.5. The Morgan fingerprint density at radius 1 is 1.16 bits per heavy atom. The van der Waals surface area contributed by atoms with Gasteiger partial charge >= 0.3 is 0 Å². The predicted octanol–water partition coefficient (Wildman–Crippen LogP) is 2.78. The summed E-state index contributed by atoms with van der Waals surface area (Å²) in [7, 11) is 0. The van der Waals surface area contributed by atoms with Crippen LogP contribution in [0.15, 0.2) is 34.9 Å². The molecule has 1 aliphatic rings. The zero-order valence-corrected chi connectivity index (χ0v) is 14.5. The molecule has 0 saturated carbocycles. The third kappa shape index (κ3) is 4.47. The monoisotopic (exact) mass is 341 g/mol. The molecule has 6 heteroatoms. The lowest BCUT2D eigenvalue weighted by atomic mass is 10.1. The molecule has 0 spiro atoms. The number of carbonyl (C=O) groups is 2. The third-order valence-corrected chi connectivity index (χ3v) is 4.41. The molecule has 1 aromatic heterocycles. The number of carbonyl (C=O) groups excluding carboxylic acids is 2. The maximum Gasteiger partial charge on any atom is 0.273 e. The van der Waals surface area contributed by atoms with E-state index in [4.69, 9.17) is 4.52 Å². The second-order valence-corrected chi connectivity index (χ2v) is 6.39. The molecule has 1 aromatic carbocycles. The SMILES string of the molecule is Cc1ccc(-c2cc(C(=O)NCCC(=O)N3CCCCC3)no2)cc1. The molecule has 0 aliphatic carbocycles. The van der Waals surface area contributed by atoms with Crippen molar-refractivity contribution < 1.29 is 14.1 Å². The second kappa shape index (κ2) is 7.96. The van der Waals surface area contributed by atoms with Crippen LogP contribution in [0, 0.1) is 6.92 Å². The first-order chi connectivity index (χ1) is 12.1. The van der Waals surface area contributed by atoms with Crippen LogP contribution in [0.25, 0.3) is 11.3 Å². The smallest absolute Gasteiger partial charge is 0.273 e. The van der Waals surface area contributed by atoms with Crippen molar-refractivity contribution in [1.82, 2.24) is 15.4 Å². The minimum absolute atomic E-state index is 0.0977. The van der Waals surface area contributed by atoms with E-state index >= 15 is 0 Å². The molecule has 3 rings (SSSR count). The van der Waals surface area contributed by atoms with Gasteiger partial charge in [0.1, 0.15) is 0 Å². The lowest BCUT2D eigenvalue weighted by Crippen LogP contribution is -2.37. The Bertz CT molecular complexity index is 731. The Hall–Kier alpha value is -2.63. The van der Waals surface area contributed by atoms with E-state index in [0.717, 1.165) is 37.1 Å². The van der Waals surface area contributed by atoms with Crippen molar-refractivity contribution in [1.29, 1.82) is 0 Å². The Labute approximate surface area is 147 Å². The summed E-state index contributed by atoms with van der Waals surface area (Å²) in [5, 5.41) is 6.55. The standard InChI is InChI=1S/C19H23N3O3/c1-14-5-7-15(8-6-14)17-13-16(21-25-17)19(24)20-10-9-18(23)22-11-3-2-4-12-22/h5-8,13H,2-4,9-12H2,1H3,(H,20,24). The highest BCUT2D eigenvalue weighted by Gasteiger charge is 2.17. The van der Waals surface area contributed by atoms with Gasteiger partial charge in [0.15, 0.2) is 11.5 Å². The average Bonchev–Trinajstić information content (AvgIpc) is 3.13. The molecule has 2 amide bonds. The minimum atomic E-state index is -0.325. The molecule has 1 aliphatic heterocycles. The van der Waals surface area contributed by atoms with Crippen molar-refractivity contribution in [2.24, 2.45) is 0 Å². The summed E-state index contributed by atoms with van der Waals surface area (Å²) < 4.78 is 5.25. The normalized spacial score (nSPS) is 14.4. The van der Waals surface area contributed by atoms with E-state index in [1.54, 1.807) is 6.07 Å². The van der Waals surface area contributed by atoms with Crippen molar-refractivity contribution in [2.75, 3.05) is 19.6 Å². The summed E-state index contributed by atoms with van der Waals surface area (Å²) in [6, 6.07) is 9.42. The van der Waals surface area contributed by atoms with Crippen LogP contribution in [-0.4, -0.2) is 41.5 Å². The Morgan fingerprint density at radius 2 is 1.88 bits per heavy atom. The highest BCUT2D eigenvalue weighted by Crippen LogP contribution is 2.20. The van der Waals surface area contributed by atoms with Gasteiger partial charge in [0.25, 0.3) is 5.91 Å². The Balaban J connectivity index is 1.50. The summed E-state index contributed by atoms with van der Waals surface area (Å²) in [4.78, 5) is 26.1. The van der Waals surface area contributed by atoms with Crippen molar-refractivity contribution in [2.45, 2.75) is 32.6 Å². The van der Waals surface area contributed by atoms with E-state index in [-0.39, 0.29) is 17.5 Å². The molecule has 1 saturated heterocycles. The van der Waals surface area contributed by atoms with Crippen LogP contribution in [-0.2, 0) is 4.79 Å². The first-order valence-corrected chi connectivity index (χ1v) is 8.73. The average molecular weight is 341 g/mol. The van der Waals surface area contributed by atoms with Crippen LogP contribution in [0.2, 0.25) is 0 Å². The third-order valence-electron chi connectivity index (χ3n) is 4.41. The molecule has 1 fully saturated rings. The lowest BCUT2D eigenvalue weighted by Gasteiger charge is -2.26. The quantitative estimate of drug-likeness (QED) is 0.907. The topological polar surface area (TPSA) is 75.4 Å². The number of rotatable bonds is 5. The van der Waals surface area contributed by atoms with E-state index in [1.807, 2.05) is 36.1 Å². The van der Waals surface area contributed by atoms with Crippen molar-refractivity contribution in [3.05, 3.63) is 41.6 Å². The zero-order chi connectivity index (χ0) is 17.6. The van der Waals surface area contributed by atoms with Gasteiger partial charge in [-0.15, -0.1) is 0 Å². The van der Waals surface area contributed by atoms with Gasteiger partial charge in [-0.05, 0) is 26.2 Å². The number of amides is 2. The number of aromatic nitrogens is 1. The molecular weight excluding hydrogens is 318 g/mol. The molecule has 0 atom stereocenters. The van der Waals surface area contributed by atoms with Crippen molar-refractivity contribution in [3.8, 4) is 11.3 Å². The zero-order valence-electron chi connectivity index (χ0n) is 14.5. The summed E-state index contributed by atoms with van der Waals surface area (Å²) in [5.74, 6) is 0.323. The molecular formula is C19H23N3O3. The number of piperidine rings is 1. The number of nitrogens with one attached hydrogen (secondary N) is 1. The molecule has 0 bridgehead atoms. The first kappa shape index (κ1) is 17.2. The summed E-state index contributed by atoms with van der Waals surface area (Å²) >= 11 is 0. The maximum atomic E-state index is 12.1. The first-order valence-electron chi connectivity index (χ1n) is 8.73. The Morgan fingerprint density at radius 3 is 2.60 bits per heavy atom. The van der Waals surface area contributed by atoms with Crippen LogP contribution in [0.4, 0.5) is 0 Å². The van der Waals surface area contributed by atoms with Gasteiger partial charge < -0.3 is 14.7 Å².